The molecule has 2 aliphatic heterocycles. The van der Waals surface area contributed by atoms with E-state index in [0.717, 1.165) is 0 Å². The topological polar surface area (TPSA) is 154 Å². The van der Waals surface area contributed by atoms with E-state index in [1.165, 1.54) is 29.8 Å². The lowest BCUT2D eigenvalue weighted by molar-refractivity contribution is -0.150. The summed E-state index contributed by atoms with van der Waals surface area (Å²) in [6.07, 6.45) is 2.50. The number of rotatable bonds is 8. The van der Waals surface area contributed by atoms with Crippen molar-refractivity contribution < 1.29 is 38.9 Å². The van der Waals surface area contributed by atoms with Gasteiger partial charge in [0.05, 0.1) is 13.7 Å². The van der Waals surface area contributed by atoms with E-state index < -0.39 is 46.9 Å². The summed E-state index contributed by atoms with van der Waals surface area (Å²) in [6, 6.07) is 2.37. The van der Waals surface area contributed by atoms with Crippen molar-refractivity contribution in [2.45, 2.75) is 57.4 Å². The summed E-state index contributed by atoms with van der Waals surface area (Å²) in [5, 5.41) is 23.8. The molecule has 0 spiro atoms. The van der Waals surface area contributed by atoms with Gasteiger partial charge in [0.1, 0.15) is 34.5 Å². The number of hydrogen-bond donors (Lipinski definition) is 4. The van der Waals surface area contributed by atoms with Crippen LogP contribution in [0.2, 0.25) is 0 Å². The molecular weight excluding hydrogens is 502 g/mol. The summed E-state index contributed by atoms with van der Waals surface area (Å²) in [4.78, 5) is 52.0. The van der Waals surface area contributed by atoms with E-state index in [1.807, 2.05) is 0 Å². The number of carbonyl (C=O) groups is 4. The van der Waals surface area contributed by atoms with Gasteiger partial charge in [0.2, 0.25) is 5.91 Å². The van der Waals surface area contributed by atoms with Gasteiger partial charge in [0.25, 0.3) is 5.91 Å². The molecule has 2 heterocycles. The summed E-state index contributed by atoms with van der Waals surface area (Å²) in [5.74, 6) is -1.81. The van der Waals surface area contributed by atoms with Gasteiger partial charge < -0.3 is 30.3 Å². The fourth-order valence-corrected chi connectivity index (χ4v) is 5.32. The van der Waals surface area contributed by atoms with Gasteiger partial charge in [-0.3, -0.25) is 14.5 Å². The largest absolute Gasteiger partial charge is 0.496 e. The number of nitrogens with one attached hydrogen (secondary N) is 2. The van der Waals surface area contributed by atoms with E-state index in [-0.39, 0.29) is 12.3 Å². The smallest absolute Gasteiger partial charge is 0.408 e. The molecule has 200 valence electrons. The molecule has 0 aliphatic carbocycles. The minimum absolute atomic E-state index is 0.106. The molecule has 1 aromatic rings. The van der Waals surface area contributed by atoms with Crippen LogP contribution in [0.4, 0.5) is 4.79 Å². The number of alkyl carbamates (subject to hydrolysis) is 1. The molecule has 3 rings (SSSR count). The number of carboxylic acids is 1. The molecule has 0 aromatic heterocycles. The van der Waals surface area contributed by atoms with Crippen molar-refractivity contribution in [3.63, 3.8) is 0 Å². The zero-order valence-electron chi connectivity index (χ0n) is 21.2. The average molecular weight is 534 g/mol. The maximum Gasteiger partial charge on any atom is 0.408 e. The Labute approximate surface area is 218 Å². The second-order valence-corrected chi connectivity index (χ2v) is 10.5. The number of thioether (sulfide) groups is 1. The predicted octanol–water partition coefficient (Wildman–Crippen LogP) is 2.07. The number of allylic oxidation sites excluding steroid dienone is 2. The number of carboxylic acid groups (broad SMARTS) is 1. The number of nitrogens with zero attached hydrogens (tertiary/aromatic N) is 1. The maximum atomic E-state index is 13.4. The highest BCUT2D eigenvalue weighted by Gasteiger charge is 2.54. The molecule has 1 aromatic carbocycles. The van der Waals surface area contributed by atoms with Crippen molar-refractivity contribution in [3.05, 3.63) is 52.7 Å². The first-order valence-electron chi connectivity index (χ1n) is 11.5. The Balaban J connectivity index is 1.87. The molecule has 3 amide bonds. The summed E-state index contributed by atoms with van der Waals surface area (Å²) < 4.78 is 10.6. The molecular formula is C25H31N3O8S. The van der Waals surface area contributed by atoms with Gasteiger partial charge in [0, 0.05) is 11.3 Å². The highest BCUT2D eigenvalue weighted by Crippen LogP contribution is 2.41. The van der Waals surface area contributed by atoms with Crippen LogP contribution < -0.4 is 15.4 Å². The number of β-lactam (4-membered cyclic amide) rings is 1. The number of aliphatic hydroxyl groups excluding tert-OH is 1. The van der Waals surface area contributed by atoms with Crippen molar-refractivity contribution in [1.82, 2.24) is 15.5 Å². The Morgan fingerprint density at radius 2 is 2.00 bits per heavy atom. The highest BCUT2D eigenvalue weighted by molar-refractivity contribution is 8.00. The number of aliphatic hydroxyl groups is 1. The molecule has 11 nitrogen and oxygen atoms in total. The third-order valence-corrected chi connectivity index (χ3v) is 6.91. The van der Waals surface area contributed by atoms with Gasteiger partial charge in [-0.25, -0.2) is 9.59 Å². The summed E-state index contributed by atoms with van der Waals surface area (Å²) in [6.45, 7) is 6.50. The van der Waals surface area contributed by atoms with Crippen LogP contribution in [-0.4, -0.2) is 68.9 Å². The Morgan fingerprint density at radius 3 is 2.57 bits per heavy atom. The molecule has 4 N–H and O–H groups in total. The maximum absolute atomic E-state index is 13.4. The quantitative estimate of drug-likeness (QED) is 0.368. The van der Waals surface area contributed by atoms with Crippen LogP contribution in [0.25, 0.3) is 0 Å². The fourth-order valence-electron chi connectivity index (χ4n) is 4.01. The normalized spacial score (nSPS) is 20.2. The summed E-state index contributed by atoms with van der Waals surface area (Å²) in [7, 11) is 1.41. The average Bonchev–Trinajstić information content (AvgIpc) is 2.83. The molecule has 0 bridgehead atoms. The third kappa shape index (κ3) is 6.08. The number of benzene rings is 1. The van der Waals surface area contributed by atoms with Gasteiger partial charge >= 0.3 is 12.1 Å². The van der Waals surface area contributed by atoms with E-state index in [1.54, 1.807) is 52.0 Å². The molecule has 37 heavy (non-hydrogen) atoms. The van der Waals surface area contributed by atoms with Crippen LogP contribution in [0.15, 0.2) is 41.6 Å². The van der Waals surface area contributed by atoms with E-state index >= 15 is 0 Å². The van der Waals surface area contributed by atoms with Crippen molar-refractivity contribution >= 4 is 35.6 Å². The molecule has 3 atom stereocenters. The number of hydrogen-bond acceptors (Lipinski definition) is 8. The second-order valence-electron chi connectivity index (χ2n) is 9.38. The molecule has 2 aliphatic rings. The monoisotopic (exact) mass is 533 g/mol. The first kappa shape index (κ1) is 28.1. The van der Waals surface area contributed by atoms with Gasteiger partial charge in [-0.15, -0.1) is 11.8 Å². The number of aliphatic carboxylic acids is 1. The van der Waals surface area contributed by atoms with Gasteiger partial charge in [-0.1, -0.05) is 24.3 Å². The van der Waals surface area contributed by atoms with Gasteiger partial charge in [0.15, 0.2) is 0 Å². The van der Waals surface area contributed by atoms with Crippen LogP contribution in [0.3, 0.4) is 0 Å². The van der Waals surface area contributed by atoms with Crippen LogP contribution in [0, 0.1) is 0 Å². The Bertz CT molecular complexity index is 1160. The lowest BCUT2D eigenvalue weighted by Crippen LogP contribution is -2.71. The minimum Gasteiger partial charge on any atom is -0.496 e. The zero-order chi connectivity index (χ0) is 27.5. The lowest BCUT2D eigenvalue weighted by atomic mass is 10.00. The van der Waals surface area contributed by atoms with Crippen molar-refractivity contribution in [2.75, 3.05) is 12.9 Å². The Hall–Kier alpha value is -3.51. The van der Waals surface area contributed by atoms with E-state index in [9.17, 15) is 29.4 Å². The molecule has 0 radical (unpaired) electrons. The van der Waals surface area contributed by atoms with Crippen LogP contribution in [-0.2, 0) is 25.7 Å². The number of amides is 3. The summed E-state index contributed by atoms with van der Waals surface area (Å²) in [5.41, 5.74) is 0.395. The molecule has 0 saturated carbocycles. The Morgan fingerprint density at radius 1 is 1.30 bits per heavy atom. The van der Waals surface area contributed by atoms with Crippen LogP contribution in [0.5, 0.6) is 5.75 Å². The zero-order valence-corrected chi connectivity index (χ0v) is 22.0. The lowest BCUT2D eigenvalue weighted by Gasteiger charge is -2.49. The molecule has 12 heteroatoms. The highest BCUT2D eigenvalue weighted by atomic mass is 32.2. The predicted molar refractivity (Wildman–Crippen MR) is 136 cm³/mol. The van der Waals surface area contributed by atoms with Crippen LogP contribution in [0.1, 0.15) is 44.9 Å². The van der Waals surface area contributed by atoms with E-state index in [0.29, 0.717) is 28.2 Å². The van der Waals surface area contributed by atoms with Crippen molar-refractivity contribution in [1.29, 1.82) is 0 Å². The van der Waals surface area contributed by atoms with Gasteiger partial charge in [-0.2, -0.15) is 0 Å². The first-order valence-corrected chi connectivity index (χ1v) is 12.6. The van der Waals surface area contributed by atoms with Crippen LogP contribution >= 0.6 is 11.8 Å². The number of methoxy groups -OCH3 is 1. The van der Waals surface area contributed by atoms with E-state index in [2.05, 4.69) is 10.6 Å². The number of fused-ring (bicyclic) bond motifs is 1. The van der Waals surface area contributed by atoms with Crippen molar-refractivity contribution in [3.8, 4) is 5.75 Å². The standard InChI is InChI=1S/C25H31N3O8S/c1-6-7-15-12-37-22-18(21(31)28(22)19(15)23(32)33)26-20(30)17(27-24(34)36-25(2,3)4)13-8-9-14(11-29)16(10-13)35-5/h6-10,17-18,22,29H,11-12H2,1-5H3,(H,26,30)(H,27,34)(H,32,33)/t17-,18?,22+/m1/s1. The second kappa shape index (κ2) is 11.3. The van der Waals surface area contributed by atoms with E-state index in [4.69, 9.17) is 9.47 Å². The summed E-state index contributed by atoms with van der Waals surface area (Å²) >= 11 is 1.33. The first-order chi connectivity index (χ1) is 17.4. The third-order valence-electron chi connectivity index (χ3n) is 5.60. The molecule has 1 saturated heterocycles. The number of carbonyl (C=O) groups excluding carboxylic acids is 3. The van der Waals surface area contributed by atoms with Gasteiger partial charge in [-0.05, 0) is 44.9 Å². The van der Waals surface area contributed by atoms with Crippen molar-refractivity contribution in [2.24, 2.45) is 0 Å². The number of ether oxygens (including phenoxy) is 2. The SMILES string of the molecule is CC=CC1=C(C(=O)O)N2C(=O)C(NC(=O)[C@H](NC(=O)OC(C)(C)C)c3ccc(CO)c(OC)c3)[C@@H]2SC1. The fraction of sp³-hybridized carbons (Fsp3) is 0.440. The minimum atomic E-state index is -1.26. The molecule has 1 unspecified atom stereocenters. The Kier molecular flexibility index (Phi) is 8.54. The molecule has 1 fully saturated rings.